The molecule has 39 heavy (non-hydrogen) atoms. The van der Waals surface area contributed by atoms with Gasteiger partial charge in [-0.1, -0.05) is 25.1 Å². The summed E-state index contributed by atoms with van der Waals surface area (Å²) < 4.78 is 0. The Morgan fingerprint density at radius 2 is 1.67 bits per heavy atom. The van der Waals surface area contributed by atoms with E-state index in [2.05, 4.69) is 59.6 Å². The molecule has 1 atom stereocenters. The number of rotatable bonds is 11. The number of nitrogens with one attached hydrogen (secondary N) is 1. The van der Waals surface area contributed by atoms with E-state index in [0.717, 1.165) is 22.7 Å². The molecule has 5 rings (SSSR count). The van der Waals surface area contributed by atoms with E-state index in [0.29, 0.717) is 35.8 Å². The molecule has 2 aliphatic rings. The van der Waals surface area contributed by atoms with E-state index < -0.39 is 0 Å². The molecule has 0 bridgehead atoms. The third-order valence-corrected chi connectivity index (χ3v) is 8.53. The van der Waals surface area contributed by atoms with Crippen molar-refractivity contribution in [3.05, 3.63) is 88.5 Å². The van der Waals surface area contributed by atoms with Crippen LogP contribution in [0, 0.1) is 22.7 Å². The van der Waals surface area contributed by atoms with E-state index in [1.807, 2.05) is 25.2 Å². The lowest BCUT2D eigenvalue weighted by atomic mass is 10.0. The Morgan fingerprint density at radius 1 is 1.00 bits per heavy atom. The molecule has 0 radical (unpaired) electrons. The normalized spacial score (nSPS) is 15.2. The molecule has 1 amide bonds. The summed E-state index contributed by atoms with van der Waals surface area (Å²) in [6.45, 7) is 2.11. The number of carbonyl (C=O) groups excluding carboxylic acids is 1. The highest BCUT2D eigenvalue weighted by Crippen LogP contribution is 2.47. The van der Waals surface area contributed by atoms with Gasteiger partial charge in [-0.25, -0.2) is 0 Å². The van der Waals surface area contributed by atoms with E-state index in [1.165, 1.54) is 41.7 Å². The highest BCUT2D eigenvalue weighted by atomic mass is 32.2. The predicted molar refractivity (Wildman–Crippen MR) is 158 cm³/mol. The molecular weight excluding hydrogens is 500 g/mol. The zero-order chi connectivity index (χ0) is 27.4. The van der Waals surface area contributed by atoms with Gasteiger partial charge >= 0.3 is 0 Å². The number of anilines is 2. The number of thioether (sulfide) groups is 1. The summed E-state index contributed by atoms with van der Waals surface area (Å²) in [5.41, 5.74) is 6.56. The minimum Gasteiger partial charge on any atom is -0.345 e. The summed E-state index contributed by atoms with van der Waals surface area (Å²) in [5.74, 6) is 2.07. The van der Waals surface area contributed by atoms with Gasteiger partial charge in [-0.05, 0) is 109 Å². The zero-order valence-electron chi connectivity index (χ0n) is 22.6. The number of hydrogen-bond donors (Lipinski definition) is 1. The van der Waals surface area contributed by atoms with Crippen LogP contribution in [0.15, 0.2) is 65.6 Å². The van der Waals surface area contributed by atoms with E-state index in [9.17, 15) is 10.1 Å². The fraction of sp³-hybridized carbons (Fsp3) is 0.364. The Morgan fingerprint density at radius 3 is 2.23 bits per heavy atom. The van der Waals surface area contributed by atoms with Crippen LogP contribution >= 0.6 is 11.8 Å². The molecule has 2 aliphatic carbocycles. The molecule has 0 spiro atoms. The summed E-state index contributed by atoms with van der Waals surface area (Å²) in [5, 5.41) is 22.3. The smallest absolute Gasteiger partial charge is 0.251 e. The molecule has 5 nitrogen and oxygen atoms in total. The minimum absolute atomic E-state index is 0.248. The van der Waals surface area contributed by atoms with E-state index >= 15 is 0 Å². The molecule has 0 heterocycles. The Kier molecular flexibility index (Phi) is 8.24. The molecule has 2 fully saturated rings. The highest BCUT2D eigenvalue weighted by Gasteiger charge is 2.29. The summed E-state index contributed by atoms with van der Waals surface area (Å²) in [7, 11) is 2.00. The Bertz CT molecular complexity index is 1400. The highest BCUT2D eigenvalue weighted by molar-refractivity contribution is 7.99. The van der Waals surface area contributed by atoms with E-state index in [1.54, 1.807) is 23.9 Å². The van der Waals surface area contributed by atoms with Crippen LogP contribution in [0.3, 0.4) is 0 Å². The fourth-order valence-corrected chi connectivity index (χ4v) is 5.75. The maximum Gasteiger partial charge on any atom is 0.251 e. The molecular formula is C33H34N4OS. The summed E-state index contributed by atoms with van der Waals surface area (Å²) in [6, 6.07) is 24.6. The van der Waals surface area contributed by atoms with E-state index in [4.69, 9.17) is 5.26 Å². The lowest BCUT2D eigenvalue weighted by Gasteiger charge is -2.23. The molecule has 0 aromatic heterocycles. The van der Waals surface area contributed by atoms with Crippen molar-refractivity contribution in [3.63, 3.8) is 0 Å². The SMILES string of the molecule is CCSc1ccc([C@H](CCC#N)NC(=O)c2ccc(N(C)c3cc(C4CC4)cc(C4CC4)c3)c(C#N)c2)cc1. The maximum atomic E-state index is 13.3. The number of benzene rings is 3. The van der Waals surface area contributed by atoms with Crippen LogP contribution in [-0.4, -0.2) is 18.7 Å². The van der Waals surface area contributed by atoms with Crippen molar-refractivity contribution in [1.29, 1.82) is 10.5 Å². The van der Waals surface area contributed by atoms with Crippen molar-refractivity contribution in [1.82, 2.24) is 5.32 Å². The van der Waals surface area contributed by atoms with Crippen LogP contribution in [0.5, 0.6) is 0 Å². The third-order valence-electron chi connectivity index (χ3n) is 7.63. The lowest BCUT2D eigenvalue weighted by Crippen LogP contribution is -2.28. The van der Waals surface area contributed by atoms with Gasteiger partial charge in [-0.2, -0.15) is 10.5 Å². The number of nitriles is 2. The van der Waals surface area contributed by atoms with Crippen LogP contribution in [0.4, 0.5) is 11.4 Å². The first kappa shape index (κ1) is 26.9. The molecule has 3 aromatic rings. The van der Waals surface area contributed by atoms with Gasteiger partial charge in [0.2, 0.25) is 0 Å². The van der Waals surface area contributed by atoms with Crippen LogP contribution in [-0.2, 0) is 0 Å². The average Bonchev–Trinajstić information content (AvgIpc) is 3.88. The number of amides is 1. The van der Waals surface area contributed by atoms with Gasteiger partial charge in [0.05, 0.1) is 23.4 Å². The summed E-state index contributed by atoms with van der Waals surface area (Å²) >= 11 is 1.77. The van der Waals surface area contributed by atoms with Gasteiger partial charge in [-0.3, -0.25) is 4.79 Å². The zero-order valence-corrected chi connectivity index (χ0v) is 23.4. The number of nitrogens with zero attached hydrogens (tertiary/aromatic N) is 3. The Balaban J connectivity index is 1.37. The second kappa shape index (κ2) is 12.0. The lowest BCUT2D eigenvalue weighted by molar-refractivity contribution is 0.0935. The van der Waals surface area contributed by atoms with Crippen molar-refractivity contribution < 1.29 is 4.79 Å². The van der Waals surface area contributed by atoms with Crippen LogP contribution < -0.4 is 10.2 Å². The van der Waals surface area contributed by atoms with Crippen LogP contribution in [0.1, 0.15) is 95.9 Å². The standard InChI is InChI=1S/C33H34N4OS/c1-3-39-30-13-10-24(11-14-30)31(5-4-16-34)36-33(38)25-12-15-32(28(17-25)21-35)37(2)29-19-26(22-6-7-22)18-27(20-29)23-8-9-23/h10-15,17-20,22-23,31H,3-9H2,1-2H3,(H,36,38)/t31-/m0/s1. The Labute approximate surface area is 235 Å². The average molecular weight is 535 g/mol. The number of carbonyl (C=O) groups is 1. The van der Waals surface area contributed by atoms with Gasteiger partial charge in [0.25, 0.3) is 5.91 Å². The molecule has 3 aromatic carbocycles. The molecule has 1 N–H and O–H groups in total. The molecule has 2 saturated carbocycles. The third kappa shape index (κ3) is 6.47. The van der Waals surface area contributed by atoms with Crippen molar-refractivity contribution >= 4 is 29.0 Å². The predicted octanol–water partition coefficient (Wildman–Crippen LogP) is 7.97. The van der Waals surface area contributed by atoms with Crippen molar-refractivity contribution in [2.45, 2.75) is 68.2 Å². The quantitative estimate of drug-likeness (QED) is 0.252. The van der Waals surface area contributed by atoms with Crippen LogP contribution in [0.25, 0.3) is 0 Å². The van der Waals surface area contributed by atoms with Gasteiger partial charge < -0.3 is 10.2 Å². The topological polar surface area (TPSA) is 79.9 Å². The first-order valence-electron chi connectivity index (χ1n) is 13.8. The van der Waals surface area contributed by atoms with Gasteiger partial charge in [0.15, 0.2) is 0 Å². The molecule has 0 saturated heterocycles. The fourth-order valence-electron chi connectivity index (χ4n) is 5.09. The largest absolute Gasteiger partial charge is 0.345 e. The van der Waals surface area contributed by atoms with Crippen molar-refractivity contribution in [2.24, 2.45) is 0 Å². The molecule has 6 heteroatoms. The number of hydrogen-bond acceptors (Lipinski definition) is 5. The minimum atomic E-state index is -0.281. The van der Waals surface area contributed by atoms with Gasteiger partial charge in [0, 0.05) is 29.6 Å². The summed E-state index contributed by atoms with van der Waals surface area (Å²) in [6.07, 6.45) is 5.87. The second-order valence-corrected chi connectivity index (χ2v) is 11.9. The van der Waals surface area contributed by atoms with Crippen LogP contribution in [0.2, 0.25) is 0 Å². The van der Waals surface area contributed by atoms with Gasteiger partial charge in [0.1, 0.15) is 6.07 Å². The first-order valence-corrected chi connectivity index (χ1v) is 14.8. The molecule has 0 unspecified atom stereocenters. The van der Waals surface area contributed by atoms with Crippen molar-refractivity contribution in [3.8, 4) is 12.1 Å². The summed E-state index contributed by atoms with van der Waals surface area (Å²) in [4.78, 5) is 16.6. The monoisotopic (exact) mass is 534 g/mol. The van der Waals surface area contributed by atoms with Crippen molar-refractivity contribution in [2.75, 3.05) is 17.7 Å². The molecule has 198 valence electrons. The van der Waals surface area contributed by atoms with E-state index in [-0.39, 0.29) is 11.9 Å². The maximum absolute atomic E-state index is 13.3. The van der Waals surface area contributed by atoms with Gasteiger partial charge in [-0.15, -0.1) is 11.8 Å². The Hall–Kier alpha value is -3.74. The second-order valence-electron chi connectivity index (χ2n) is 10.5. The molecule has 0 aliphatic heterocycles. The first-order chi connectivity index (χ1) is 19.0.